The molecular weight excluding hydrogens is 260 g/mol. The van der Waals surface area contributed by atoms with E-state index in [0.717, 1.165) is 22.8 Å². The van der Waals surface area contributed by atoms with Crippen LogP contribution in [0.15, 0.2) is 47.1 Å². The fraction of sp³-hybridized carbons (Fsp3) is 0.421. The van der Waals surface area contributed by atoms with Crippen molar-refractivity contribution in [2.24, 2.45) is 5.92 Å². The summed E-state index contributed by atoms with van der Waals surface area (Å²) >= 11 is 0. The van der Waals surface area contributed by atoms with Gasteiger partial charge in [-0.2, -0.15) is 0 Å². The largest absolute Gasteiger partial charge is 0.464 e. The van der Waals surface area contributed by atoms with Crippen molar-refractivity contribution in [1.82, 2.24) is 0 Å². The third-order valence-corrected chi connectivity index (χ3v) is 3.23. The van der Waals surface area contributed by atoms with Gasteiger partial charge < -0.3 is 4.42 Å². The van der Waals surface area contributed by atoms with Crippen molar-refractivity contribution in [2.45, 2.75) is 47.0 Å². The predicted molar refractivity (Wildman–Crippen MR) is 88.5 cm³/mol. The molecule has 1 aromatic heterocycles. The highest BCUT2D eigenvalue weighted by molar-refractivity contribution is 5.94. The lowest BCUT2D eigenvalue weighted by Gasteiger charge is -1.98. The van der Waals surface area contributed by atoms with Crippen molar-refractivity contribution in [3.05, 3.63) is 48.2 Å². The second-order valence-electron chi connectivity index (χ2n) is 5.65. The summed E-state index contributed by atoms with van der Waals surface area (Å²) in [4.78, 5) is 11.0. The summed E-state index contributed by atoms with van der Waals surface area (Å²) in [7, 11) is 0. The second kappa shape index (κ2) is 9.17. The van der Waals surface area contributed by atoms with Gasteiger partial charge in [-0.1, -0.05) is 64.3 Å². The number of carbonyl (C=O) groups is 1. The number of Topliss-reactive ketones (excluding diaryl/α,β-unsaturated/α-hetero) is 1. The number of rotatable bonds is 5. The quantitative estimate of drug-likeness (QED) is 0.633. The Bertz CT molecular complexity index is 507. The first-order chi connectivity index (χ1) is 10.0. The first kappa shape index (κ1) is 17.2. The van der Waals surface area contributed by atoms with E-state index in [0.29, 0.717) is 0 Å². The molecule has 21 heavy (non-hydrogen) atoms. The first-order valence-electron chi connectivity index (χ1n) is 7.69. The van der Waals surface area contributed by atoms with Gasteiger partial charge >= 0.3 is 0 Å². The Kier molecular flexibility index (Phi) is 7.52. The molecule has 0 bridgehead atoms. The van der Waals surface area contributed by atoms with Gasteiger partial charge in [-0.05, 0) is 25.0 Å². The van der Waals surface area contributed by atoms with E-state index in [2.05, 4.69) is 20.8 Å². The molecule has 0 unspecified atom stereocenters. The minimum atomic E-state index is 0.0796. The number of hydrogen-bond acceptors (Lipinski definition) is 2. The summed E-state index contributed by atoms with van der Waals surface area (Å²) < 4.78 is 5.23. The van der Waals surface area contributed by atoms with Gasteiger partial charge in [0.05, 0.1) is 6.26 Å². The van der Waals surface area contributed by atoms with Crippen LogP contribution in [0.25, 0.3) is 11.3 Å². The Labute approximate surface area is 128 Å². The van der Waals surface area contributed by atoms with Gasteiger partial charge in [0.25, 0.3) is 0 Å². The van der Waals surface area contributed by atoms with Gasteiger partial charge in [0.2, 0.25) is 0 Å². The summed E-state index contributed by atoms with van der Waals surface area (Å²) in [6.07, 6.45) is 5.78. The average molecular weight is 286 g/mol. The number of ketones is 1. The molecule has 0 saturated heterocycles. The molecule has 0 radical (unpaired) electrons. The molecule has 0 saturated carbocycles. The van der Waals surface area contributed by atoms with Crippen LogP contribution in [0.1, 0.15) is 57.3 Å². The molecule has 0 fully saturated rings. The molecule has 0 aliphatic rings. The summed E-state index contributed by atoms with van der Waals surface area (Å²) in [5, 5.41) is 0. The van der Waals surface area contributed by atoms with Gasteiger partial charge in [-0.15, -0.1) is 0 Å². The van der Waals surface area contributed by atoms with E-state index in [1.807, 2.05) is 24.3 Å². The highest BCUT2D eigenvalue weighted by Gasteiger charge is 2.02. The third-order valence-electron chi connectivity index (χ3n) is 3.23. The van der Waals surface area contributed by atoms with Crippen LogP contribution in [0.2, 0.25) is 0 Å². The van der Waals surface area contributed by atoms with Gasteiger partial charge in [0, 0.05) is 11.1 Å². The van der Waals surface area contributed by atoms with Crippen LogP contribution in [0.5, 0.6) is 0 Å². The van der Waals surface area contributed by atoms with Gasteiger partial charge in [-0.3, -0.25) is 4.79 Å². The standard InChI is InChI=1S/C12H10O2.C7H16/c1-9(13)10-4-6-11(7-5-10)12-3-2-8-14-12;1-4-5-6-7(2)3/h2-8H,1H3;7H,4-6H2,1-3H3. The lowest BCUT2D eigenvalue weighted by Crippen LogP contribution is -1.90. The predicted octanol–water partition coefficient (Wildman–Crippen LogP) is 5.98. The highest BCUT2D eigenvalue weighted by Crippen LogP contribution is 2.19. The smallest absolute Gasteiger partial charge is 0.159 e. The van der Waals surface area contributed by atoms with Crippen molar-refractivity contribution < 1.29 is 9.21 Å². The molecule has 1 heterocycles. The van der Waals surface area contributed by atoms with Crippen LogP contribution in [-0.4, -0.2) is 5.78 Å². The first-order valence-corrected chi connectivity index (χ1v) is 7.69. The number of carbonyl (C=O) groups excluding carboxylic acids is 1. The number of benzene rings is 1. The SMILES string of the molecule is CC(=O)c1ccc(-c2ccco2)cc1.CCCCC(C)C. The maximum absolute atomic E-state index is 11.0. The van der Waals surface area contributed by atoms with Crippen molar-refractivity contribution in [3.8, 4) is 11.3 Å². The molecule has 114 valence electrons. The molecule has 2 heteroatoms. The maximum atomic E-state index is 11.0. The number of hydrogen-bond donors (Lipinski definition) is 0. The molecule has 0 spiro atoms. The van der Waals surface area contributed by atoms with E-state index in [1.54, 1.807) is 25.3 Å². The zero-order chi connectivity index (χ0) is 15.7. The van der Waals surface area contributed by atoms with Crippen molar-refractivity contribution >= 4 is 5.78 Å². The van der Waals surface area contributed by atoms with Gasteiger partial charge in [0.15, 0.2) is 5.78 Å². The van der Waals surface area contributed by atoms with E-state index in [4.69, 9.17) is 4.42 Å². The summed E-state index contributed by atoms with van der Waals surface area (Å²) in [5.41, 5.74) is 1.71. The van der Waals surface area contributed by atoms with Crippen LogP contribution in [0.3, 0.4) is 0 Å². The number of furan rings is 1. The average Bonchev–Trinajstić information content (AvgIpc) is 3.00. The topological polar surface area (TPSA) is 30.2 Å². The van der Waals surface area contributed by atoms with E-state index in [9.17, 15) is 4.79 Å². The van der Waals surface area contributed by atoms with Crippen LogP contribution in [0.4, 0.5) is 0 Å². The lowest BCUT2D eigenvalue weighted by atomic mass is 10.1. The van der Waals surface area contributed by atoms with E-state index in [-0.39, 0.29) is 5.78 Å². The molecule has 2 nitrogen and oxygen atoms in total. The zero-order valence-corrected chi connectivity index (χ0v) is 13.6. The van der Waals surface area contributed by atoms with Crippen molar-refractivity contribution in [1.29, 1.82) is 0 Å². The van der Waals surface area contributed by atoms with Crippen LogP contribution in [0, 0.1) is 5.92 Å². The van der Waals surface area contributed by atoms with E-state index in [1.165, 1.54) is 19.3 Å². The Morgan fingerprint density at radius 2 is 1.81 bits per heavy atom. The molecule has 0 aliphatic heterocycles. The highest BCUT2D eigenvalue weighted by atomic mass is 16.3. The summed E-state index contributed by atoms with van der Waals surface area (Å²) in [6, 6.07) is 11.1. The van der Waals surface area contributed by atoms with Crippen LogP contribution < -0.4 is 0 Å². The number of unbranched alkanes of at least 4 members (excludes halogenated alkanes) is 1. The Hall–Kier alpha value is -1.83. The lowest BCUT2D eigenvalue weighted by molar-refractivity contribution is 0.101. The molecule has 0 atom stereocenters. The fourth-order valence-electron chi connectivity index (χ4n) is 1.92. The Morgan fingerprint density at radius 3 is 2.19 bits per heavy atom. The molecule has 2 rings (SSSR count). The maximum Gasteiger partial charge on any atom is 0.159 e. The second-order valence-corrected chi connectivity index (χ2v) is 5.65. The van der Waals surface area contributed by atoms with Crippen LogP contribution in [-0.2, 0) is 0 Å². The Morgan fingerprint density at radius 1 is 1.14 bits per heavy atom. The Balaban J connectivity index is 0.000000270. The third kappa shape index (κ3) is 6.44. The van der Waals surface area contributed by atoms with Crippen molar-refractivity contribution in [2.75, 3.05) is 0 Å². The van der Waals surface area contributed by atoms with Crippen molar-refractivity contribution in [3.63, 3.8) is 0 Å². The van der Waals surface area contributed by atoms with Crippen LogP contribution >= 0.6 is 0 Å². The molecule has 2 aromatic rings. The van der Waals surface area contributed by atoms with E-state index < -0.39 is 0 Å². The monoisotopic (exact) mass is 286 g/mol. The van der Waals surface area contributed by atoms with Gasteiger partial charge in [-0.25, -0.2) is 0 Å². The molecule has 0 aliphatic carbocycles. The normalized spacial score (nSPS) is 10.1. The molecule has 0 N–H and O–H groups in total. The molecule has 1 aromatic carbocycles. The summed E-state index contributed by atoms with van der Waals surface area (Å²) in [6.45, 7) is 8.34. The molecule has 0 amide bonds. The van der Waals surface area contributed by atoms with Gasteiger partial charge in [0.1, 0.15) is 5.76 Å². The van der Waals surface area contributed by atoms with E-state index >= 15 is 0 Å². The fourth-order valence-corrected chi connectivity index (χ4v) is 1.92. The summed E-state index contributed by atoms with van der Waals surface area (Å²) in [5.74, 6) is 1.80. The minimum absolute atomic E-state index is 0.0796. The zero-order valence-electron chi connectivity index (χ0n) is 13.6. The molecular formula is C19H26O2. The minimum Gasteiger partial charge on any atom is -0.464 e.